The Labute approximate surface area is 114 Å². The SMILES string of the molecule is CC(Cl)CC1CCN(C(=O)c2ccccc2)CC1. The standard InChI is InChI=1S/C15H20ClNO/c1-12(16)11-13-7-9-17(10-8-13)15(18)14-5-3-2-4-6-14/h2-6,12-13H,7-11H2,1H3. The Balaban J connectivity index is 1.88. The van der Waals surface area contributed by atoms with Crippen LogP contribution in [0.25, 0.3) is 0 Å². The summed E-state index contributed by atoms with van der Waals surface area (Å²) in [5.74, 6) is 0.838. The molecule has 0 aliphatic carbocycles. The third-order valence-electron chi connectivity index (χ3n) is 3.58. The Morgan fingerprint density at radius 1 is 1.33 bits per heavy atom. The Morgan fingerprint density at radius 3 is 2.50 bits per heavy atom. The van der Waals surface area contributed by atoms with Crippen LogP contribution in [0.2, 0.25) is 0 Å². The monoisotopic (exact) mass is 265 g/mol. The summed E-state index contributed by atoms with van der Waals surface area (Å²) in [6.07, 6.45) is 3.22. The maximum Gasteiger partial charge on any atom is 0.253 e. The van der Waals surface area contributed by atoms with E-state index in [1.165, 1.54) is 0 Å². The van der Waals surface area contributed by atoms with Crippen LogP contribution < -0.4 is 0 Å². The Morgan fingerprint density at radius 2 is 1.94 bits per heavy atom. The van der Waals surface area contributed by atoms with E-state index in [1.807, 2.05) is 42.2 Å². The van der Waals surface area contributed by atoms with Crippen molar-refractivity contribution in [2.75, 3.05) is 13.1 Å². The molecule has 1 atom stereocenters. The van der Waals surface area contributed by atoms with Gasteiger partial charge in [0.2, 0.25) is 0 Å². The number of rotatable bonds is 3. The summed E-state index contributed by atoms with van der Waals surface area (Å²) in [4.78, 5) is 14.2. The first-order valence-electron chi connectivity index (χ1n) is 6.65. The maximum atomic E-state index is 12.2. The number of nitrogens with zero attached hydrogens (tertiary/aromatic N) is 1. The first kappa shape index (κ1) is 13.4. The average molecular weight is 266 g/mol. The van der Waals surface area contributed by atoms with E-state index < -0.39 is 0 Å². The summed E-state index contributed by atoms with van der Waals surface area (Å²) in [5, 5.41) is 0.242. The van der Waals surface area contributed by atoms with Crippen LogP contribution in [-0.4, -0.2) is 29.3 Å². The number of alkyl halides is 1. The van der Waals surface area contributed by atoms with Crippen LogP contribution in [0.1, 0.15) is 36.5 Å². The quantitative estimate of drug-likeness (QED) is 0.766. The highest BCUT2D eigenvalue weighted by Gasteiger charge is 2.24. The lowest BCUT2D eigenvalue weighted by Gasteiger charge is -2.32. The predicted octanol–water partition coefficient (Wildman–Crippen LogP) is 3.56. The zero-order valence-electron chi connectivity index (χ0n) is 10.8. The van der Waals surface area contributed by atoms with Gasteiger partial charge in [-0.3, -0.25) is 4.79 Å². The van der Waals surface area contributed by atoms with Crippen LogP contribution in [0.3, 0.4) is 0 Å². The van der Waals surface area contributed by atoms with E-state index in [0.29, 0.717) is 5.92 Å². The Kier molecular flexibility index (Phi) is 4.65. The maximum absolute atomic E-state index is 12.2. The molecule has 1 aromatic rings. The smallest absolute Gasteiger partial charge is 0.253 e. The van der Waals surface area contributed by atoms with E-state index in [9.17, 15) is 4.79 Å². The summed E-state index contributed by atoms with van der Waals surface area (Å²) in [6.45, 7) is 3.77. The average Bonchev–Trinajstić information content (AvgIpc) is 2.39. The lowest BCUT2D eigenvalue weighted by molar-refractivity contribution is 0.0687. The highest BCUT2D eigenvalue weighted by Crippen LogP contribution is 2.24. The molecular weight excluding hydrogens is 246 g/mol. The molecule has 3 heteroatoms. The predicted molar refractivity (Wildman–Crippen MR) is 75.0 cm³/mol. The molecule has 98 valence electrons. The molecule has 2 rings (SSSR count). The molecule has 0 radical (unpaired) electrons. The number of carbonyl (C=O) groups is 1. The molecule has 1 heterocycles. The molecule has 0 aromatic heterocycles. The molecule has 1 unspecified atom stereocenters. The van der Waals surface area contributed by atoms with Crippen molar-refractivity contribution in [2.24, 2.45) is 5.92 Å². The lowest BCUT2D eigenvalue weighted by atomic mass is 9.92. The van der Waals surface area contributed by atoms with E-state index in [-0.39, 0.29) is 11.3 Å². The molecule has 18 heavy (non-hydrogen) atoms. The van der Waals surface area contributed by atoms with Crippen molar-refractivity contribution in [3.63, 3.8) is 0 Å². The van der Waals surface area contributed by atoms with Gasteiger partial charge in [0.05, 0.1) is 0 Å². The molecule has 1 aliphatic rings. The minimum Gasteiger partial charge on any atom is -0.339 e. The third-order valence-corrected chi connectivity index (χ3v) is 3.76. The molecule has 1 aliphatic heterocycles. The minimum absolute atomic E-state index is 0.160. The fourth-order valence-corrected chi connectivity index (χ4v) is 2.85. The van der Waals surface area contributed by atoms with Gasteiger partial charge in [-0.2, -0.15) is 0 Å². The van der Waals surface area contributed by atoms with Crippen LogP contribution in [-0.2, 0) is 0 Å². The molecule has 1 fully saturated rings. The molecule has 0 saturated carbocycles. The summed E-state index contributed by atoms with van der Waals surface area (Å²) < 4.78 is 0. The molecule has 1 amide bonds. The normalized spacial score (nSPS) is 18.7. The topological polar surface area (TPSA) is 20.3 Å². The third kappa shape index (κ3) is 3.49. The van der Waals surface area contributed by atoms with Crippen molar-refractivity contribution in [1.82, 2.24) is 4.90 Å². The van der Waals surface area contributed by atoms with Crippen molar-refractivity contribution in [2.45, 2.75) is 31.6 Å². The zero-order chi connectivity index (χ0) is 13.0. The number of likely N-dealkylation sites (tertiary alicyclic amines) is 1. The summed E-state index contributed by atoms with van der Waals surface area (Å²) in [5.41, 5.74) is 0.793. The fourth-order valence-electron chi connectivity index (χ4n) is 2.59. The summed E-state index contributed by atoms with van der Waals surface area (Å²) >= 11 is 6.03. The molecule has 0 spiro atoms. The second kappa shape index (κ2) is 6.24. The first-order chi connectivity index (χ1) is 8.66. The highest BCUT2D eigenvalue weighted by molar-refractivity contribution is 6.20. The molecule has 0 N–H and O–H groups in total. The molecule has 2 nitrogen and oxygen atoms in total. The number of piperidine rings is 1. The van der Waals surface area contributed by atoms with Crippen molar-refractivity contribution in [3.05, 3.63) is 35.9 Å². The second-order valence-electron chi connectivity index (χ2n) is 5.12. The Hall–Kier alpha value is -1.02. The van der Waals surface area contributed by atoms with Gasteiger partial charge in [0.1, 0.15) is 0 Å². The molecule has 1 saturated heterocycles. The first-order valence-corrected chi connectivity index (χ1v) is 7.09. The van der Waals surface area contributed by atoms with Crippen molar-refractivity contribution in [3.8, 4) is 0 Å². The van der Waals surface area contributed by atoms with Gasteiger partial charge in [-0.1, -0.05) is 18.2 Å². The van der Waals surface area contributed by atoms with Gasteiger partial charge < -0.3 is 4.90 Å². The number of carbonyl (C=O) groups excluding carboxylic acids is 1. The lowest BCUT2D eigenvalue weighted by Crippen LogP contribution is -2.38. The number of hydrogen-bond donors (Lipinski definition) is 0. The van der Waals surface area contributed by atoms with E-state index in [2.05, 4.69) is 0 Å². The largest absolute Gasteiger partial charge is 0.339 e. The summed E-state index contributed by atoms with van der Waals surface area (Å²) in [6, 6.07) is 9.53. The molecular formula is C15H20ClNO. The van der Waals surface area contributed by atoms with Crippen LogP contribution in [0.15, 0.2) is 30.3 Å². The minimum atomic E-state index is 0.160. The number of halogens is 1. The van der Waals surface area contributed by atoms with E-state index >= 15 is 0 Å². The number of hydrogen-bond acceptors (Lipinski definition) is 1. The zero-order valence-corrected chi connectivity index (χ0v) is 11.6. The molecule has 0 bridgehead atoms. The van der Waals surface area contributed by atoms with E-state index in [0.717, 1.165) is 37.9 Å². The van der Waals surface area contributed by atoms with Crippen LogP contribution in [0, 0.1) is 5.92 Å². The van der Waals surface area contributed by atoms with Gasteiger partial charge in [-0.25, -0.2) is 0 Å². The number of benzene rings is 1. The van der Waals surface area contributed by atoms with Gasteiger partial charge in [0.25, 0.3) is 5.91 Å². The van der Waals surface area contributed by atoms with Crippen LogP contribution in [0.5, 0.6) is 0 Å². The van der Waals surface area contributed by atoms with Crippen molar-refractivity contribution < 1.29 is 4.79 Å². The van der Waals surface area contributed by atoms with E-state index in [4.69, 9.17) is 11.6 Å². The van der Waals surface area contributed by atoms with Gasteiger partial charge in [0.15, 0.2) is 0 Å². The molecule has 1 aromatic carbocycles. The number of amides is 1. The van der Waals surface area contributed by atoms with Crippen LogP contribution >= 0.6 is 11.6 Å². The summed E-state index contributed by atoms with van der Waals surface area (Å²) in [7, 11) is 0. The van der Waals surface area contributed by atoms with Gasteiger partial charge in [-0.05, 0) is 44.2 Å². The van der Waals surface area contributed by atoms with Crippen molar-refractivity contribution in [1.29, 1.82) is 0 Å². The van der Waals surface area contributed by atoms with Gasteiger partial charge in [0, 0.05) is 24.0 Å². The van der Waals surface area contributed by atoms with Crippen LogP contribution in [0.4, 0.5) is 0 Å². The Bertz CT molecular complexity index is 383. The fraction of sp³-hybridized carbons (Fsp3) is 0.533. The highest BCUT2D eigenvalue weighted by atomic mass is 35.5. The van der Waals surface area contributed by atoms with Gasteiger partial charge >= 0.3 is 0 Å². The second-order valence-corrected chi connectivity index (χ2v) is 5.86. The van der Waals surface area contributed by atoms with Crippen molar-refractivity contribution >= 4 is 17.5 Å². The van der Waals surface area contributed by atoms with E-state index in [1.54, 1.807) is 0 Å². The van der Waals surface area contributed by atoms with Gasteiger partial charge in [-0.15, -0.1) is 11.6 Å².